The van der Waals surface area contributed by atoms with Gasteiger partial charge in [0.1, 0.15) is 12.0 Å². The number of aryl methyl sites for hydroxylation is 1. The van der Waals surface area contributed by atoms with E-state index in [-0.39, 0.29) is 12.4 Å². The maximum Gasteiger partial charge on any atom is 0.349 e. The van der Waals surface area contributed by atoms with Crippen LogP contribution in [0.1, 0.15) is 28.4 Å². The van der Waals surface area contributed by atoms with Crippen LogP contribution in [0.25, 0.3) is 0 Å². The molecule has 0 aromatic heterocycles. The Hall–Kier alpha value is -2.82. The molecule has 0 amide bonds. The van der Waals surface area contributed by atoms with E-state index in [1.165, 1.54) is 12.1 Å². The van der Waals surface area contributed by atoms with Crippen molar-refractivity contribution in [2.75, 3.05) is 13.2 Å². The zero-order valence-electron chi connectivity index (χ0n) is 14.0. The van der Waals surface area contributed by atoms with Crippen molar-refractivity contribution in [2.24, 2.45) is 0 Å². The lowest BCUT2D eigenvalue weighted by Crippen LogP contribution is -2.18. The predicted octanol–water partition coefficient (Wildman–Crippen LogP) is 3.50. The van der Waals surface area contributed by atoms with Gasteiger partial charge in [0.25, 0.3) is 0 Å². The van der Waals surface area contributed by atoms with Crippen LogP contribution in [0.5, 0.6) is 17.2 Å². The average molecular weight is 328 g/mol. The van der Waals surface area contributed by atoms with Gasteiger partial charge >= 0.3 is 5.97 Å². The number of benzene rings is 2. The van der Waals surface area contributed by atoms with Gasteiger partial charge in [0.05, 0.1) is 6.61 Å². The Balaban J connectivity index is 2.04. The van der Waals surface area contributed by atoms with Gasteiger partial charge in [-0.25, -0.2) is 4.79 Å². The highest BCUT2D eigenvalue weighted by atomic mass is 16.6. The minimum absolute atomic E-state index is 0.217. The molecule has 0 fully saturated rings. The number of carbonyl (C=O) groups is 2. The van der Waals surface area contributed by atoms with Crippen LogP contribution in [0.3, 0.4) is 0 Å². The molecule has 0 aliphatic heterocycles. The minimum Gasteiger partial charge on any atom is -0.490 e. The SMILES string of the molecule is CCOc1cc(C=O)ccc1OC(=O)COc1cccc(C)c1C. The highest BCUT2D eigenvalue weighted by molar-refractivity contribution is 5.78. The van der Waals surface area contributed by atoms with Gasteiger partial charge in [-0.3, -0.25) is 4.79 Å². The van der Waals surface area contributed by atoms with Crippen molar-refractivity contribution in [3.8, 4) is 17.2 Å². The second kappa shape index (κ2) is 8.15. The Morgan fingerprint density at radius 3 is 2.54 bits per heavy atom. The van der Waals surface area contributed by atoms with Gasteiger partial charge in [0, 0.05) is 5.56 Å². The van der Waals surface area contributed by atoms with Crippen molar-refractivity contribution in [3.63, 3.8) is 0 Å². The van der Waals surface area contributed by atoms with Crippen molar-refractivity contribution in [1.29, 1.82) is 0 Å². The van der Waals surface area contributed by atoms with Gasteiger partial charge in [-0.15, -0.1) is 0 Å². The Morgan fingerprint density at radius 2 is 1.83 bits per heavy atom. The third kappa shape index (κ3) is 4.35. The molecule has 5 nitrogen and oxygen atoms in total. The summed E-state index contributed by atoms with van der Waals surface area (Å²) < 4.78 is 16.2. The number of hydrogen-bond acceptors (Lipinski definition) is 5. The van der Waals surface area contributed by atoms with E-state index >= 15 is 0 Å². The van der Waals surface area contributed by atoms with E-state index in [0.717, 1.165) is 11.1 Å². The van der Waals surface area contributed by atoms with Gasteiger partial charge in [-0.1, -0.05) is 12.1 Å². The number of ether oxygens (including phenoxy) is 3. The van der Waals surface area contributed by atoms with Gasteiger partial charge in [0.15, 0.2) is 18.1 Å². The van der Waals surface area contributed by atoms with Crippen molar-refractivity contribution in [3.05, 3.63) is 53.1 Å². The number of rotatable bonds is 7. The van der Waals surface area contributed by atoms with Crippen LogP contribution in [-0.4, -0.2) is 25.5 Å². The number of carbonyl (C=O) groups excluding carboxylic acids is 2. The predicted molar refractivity (Wildman–Crippen MR) is 90.0 cm³/mol. The second-order valence-corrected chi connectivity index (χ2v) is 5.22. The van der Waals surface area contributed by atoms with Crippen LogP contribution in [-0.2, 0) is 4.79 Å². The van der Waals surface area contributed by atoms with Crippen molar-refractivity contribution in [1.82, 2.24) is 0 Å². The normalized spacial score (nSPS) is 10.1. The van der Waals surface area contributed by atoms with E-state index in [9.17, 15) is 9.59 Å². The van der Waals surface area contributed by atoms with Crippen molar-refractivity contribution >= 4 is 12.3 Å². The van der Waals surface area contributed by atoms with Crippen molar-refractivity contribution < 1.29 is 23.8 Å². The summed E-state index contributed by atoms with van der Waals surface area (Å²) in [6, 6.07) is 10.3. The first kappa shape index (κ1) is 17.5. The van der Waals surface area contributed by atoms with E-state index in [0.29, 0.717) is 30.0 Å². The monoisotopic (exact) mass is 328 g/mol. The highest BCUT2D eigenvalue weighted by Gasteiger charge is 2.13. The average Bonchev–Trinajstić information content (AvgIpc) is 2.58. The largest absolute Gasteiger partial charge is 0.490 e. The molecular formula is C19H20O5. The van der Waals surface area contributed by atoms with E-state index < -0.39 is 5.97 Å². The molecule has 2 aromatic carbocycles. The molecule has 0 unspecified atom stereocenters. The molecule has 24 heavy (non-hydrogen) atoms. The lowest BCUT2D eigenvalue weighted by Gasteiger charge is -2.13. The molecule has 2 aromatic rings. The molecule has 0 radical (unpaired) electrons. The molecule has 126 valence electrons. The lowest BCUT2D eigenvalue weighted by atomic mass is 10.1. The Labute approximate surface area is 141 Å². The van der Waals surface area contributed by atoms with Crippen LogP contribution >= 0.6 is 0 Å². The van der Waals surface area contributed by atoms with Crippen LogP contribution in [0.4, 0.5) is 0 Å². The van der Waals surface area contributed by atoms with Gasteiger partial charge in [-0.05, 0) is 56.2 Å². The summed E-state index contributed by atoms with van der Waals surface area (Å²) in [5.74, 6) is 0.711. The number of aldehydes is 1. The van der Waals surface area contributed by atoms with Crippen molar-refractivity contribution in [2.45, 2.75) is 20.8 Å². The summed E-state index contributed by atoms with van der Waals surface area (Å²) in [5.41, 5.74) is 2.52. The molecule has 0 atom stereocenters. The van der Waals surface area contributed by atoms with Crippen LogP contribution in [0, 0.1) is 13.8 Å². The molecule has 5 heteroatoms. The summed E-state index contributed by atoms with van der Waals surface area (Å²) in [5, 5.41) is 0. The standard InChI is InChI=1S/C19H20O5/c1-4-22-18-10-15(11-20)8-9-17(18)24-19(21)12-23-16-7-5-6-13(2)14(16)3/h5-11H,4,12H2,1-3H3. The van der Waals surface area contributed by atoms with Crippen LogP contribution in [0.15, 0.2) is 36.4 Å². The second-order valence-electron chi connectivity index (χ2n) is 5.22. The third-order valence-corrected chi connectivity index (χ3v) is 3.53. The smallest absolute Gasteiger partial charge is 0.349 e. The van der Waals surface area contributed by atoms with E-state index in [1.807, 2.05) is 32.9 Å². The quantitative estimate of drug-likeness (QED) is 0.442. The third-order valence-electron chi connectivity index (χ3n) is 3.53. The van der Waals surface area contributed by atoms with E-state index in [2.05, 4.69) is 0 Å². The van der Waals surface area contributed by atoms with E-state index in [4.69, 9.17) is 14.2 Å². The van der Waals surface area contributed by atoms with Gasteiger partial charge in [-0.2, -0.15) is 0 Å². The first-order valence-electron chi connectivity index (χ1n) is 7.67. The Kier molecular flexibility index (Phi) is 5.95. The first-order chi connectivity index (χ1) is 11.5. The molecule has 0 saturated carbocycles. The first-order valence-corrected chi connectivity index (χ1v) is 7.67. The number of esters is 1. The zero-order valence-corrected chi connectivity index (χ0v) is 14.0. The Bertz CT molecular complexity index is 737. The lowest BCUT2D eigenvalue weighted by molar-refractivity contribution is -0.136. The molecule has 0 aliphatic carbocycles. The molecule has 0 spiro atoms. The van der Waals surface area contributed by atoms with Crippen LogP contribution in [0.2, 0.25) is 0 Å². The van der Waals surface area contributed by atoms with E-state index in [1.54, 1.807) is 12.1 Å². The Morgan fingerprint density at radius 1 is 1.04 bits per heavy atom. The summed E-state index contributed by atoms with van der Waals surface area (Å²) in [7, 11) is 0. The number of hydrogen-bond donors (Lipinski definition) is 0. The fourth-order valence-electron chi connectivity index (χ4n) is 2.12. The maximum atomic E-state index is 12.0. The minimum atomic E-state index is -0.546. The topological polar surface area (TPSA) is 61.8 Å². The fourth-order valence-corrected chi connectivity index (χ4v) is 2.12. The van der Waals surface area contributed by atoms with Crippen LogP contribution < -0.4 is 14.2 Å². The zero-order chi connectivity index (χ0) is 17.5. The van der Waals surface area contributed by atoms with Gasteiger partial charge < -0.3 is 14.2 Å². The molecular weight excluding hydrogens is 308 g/mol. The fraction of sp³-hybridized carbons (Fsp3) is 0.263. The molecule has 0 saturated heterocycles. The summed E-state index contributed by atoms with van der Waals surface area (Å²) in [6.07, 6.45) is 0.706. The molecule has 0 bridgehead atoms. The van der Waals surface area contributed by atoms with Gasteiger partial charge in [0.2, 0.25) is 0 Å². The summed E-state index contributed by atoms with van der Waals surface area (Å²) in [6.45, 7) is 5.89. The summed E-state index contributed by atoms with van der Waals surface area (Å²) >= 11 is 0. The molecule has 2 rings (SSSR count). The summed E-state index contributed by atoms with van der Waals surface area (Å²) in [4.78, 5) is 22.9. The highest BCUT2D eigenvalue weighted by Crippen LogP contribution is 2.28. The molecule has 0 heterocycles. The maximum absolute atomic E-state index is 12.0. The molecule has 0 N–H and O–H groups in total. The molecule has 0 aliphatic rings.